The molecule has 0 saturated heterocycles. The molecule has 1 atom stereocenters. The first-order chi connectivity index (χ1) is 13.4. The topological polar surface area (TPSA) is 92.5 Å². The van der Waals surface area contributed by atoms with Crippen LogP contribution in [0.2, 0.25) is 0 Å². The van der Waals surface area contributed by atoms with Crippen LogP contribution in [0.1, 0.15) is 49.4 Å². The fraction of sp³-hybridized carbons (Fsp3) is 0.318. The summed E-state index contributed by atoms with van der Waals surface area (Å²) in [5, 5.41) is 2.71. The van der Waals surface area contributed by atoms with E-state index in [1.165, 1.54) is 43.0 Å². The fourth-order valence-electron chi connectivity index (χ4n) is 3.53. The Morgan fingerprint density at radius 3 is 2.29 bits per heavy atom. The molecular weight excluding hydrogens is 354 g/mol. The number of carbonyl (C=O) groups excluding carboxylic acids is 3. The van der Waals surface area contributed by atoms with Crippen molar-refractivity contribution in [2.75, 3.05) is 10.6 Å². The molecule has 1 aliphatic carbocycles. The van der Waals surface area contributed by atoms with Crippen LogP contribution in [0.4, 0.5) is 11.4 Å². The summed E-state index contributed by atoms with van der Waals surface area (Å²) in [6.07, 6.45) is 4.51. The standard InChI is InChI=1S/C22H25N3O3/c1-14(17-8-7-16-5-3-4-6-18(16)13-17)24-21(27)22(28)25(15(2)26)20-11-9-19(23)10-12-20/h7-14H,3-6,23H2,1-2H3,(H,24,27). The van der Waals surface area contributed by atoms with Crippen LogP contribution in [0.3, 0.4) is 0 Å². The van der Waals surface area contributed by atoms with Crippen molar-refractivity contribution in [2.45, 2.75) is 45.6 Å². The Morgan fingerprint density at radius 1 is 1.00 bits per heavy atom. The van der Waals surface area contributed by atoms with Gasteiger partial charge in [0.2, 0.25) is 5.91 Å². The molecule has 146 valence electrons. The molecular formula is C22H25N3O3. The first kappa shape index (κ1) is 19.6. The molecule has 0 heterocycles. The highest BCUT2D eigenvalue weighted by Crippen LogP contribution is 2.25. The second-order valence-electron chi connectivity index (χ2n) is 7.18. The number of aryl methyl sites for hydroxylation is 2. The van der Waals surface area contributed by atoms with Crippen LogP contribution in [-0.2, 0) is 27.2 Å². The second-order valence-corrected chi connectivity index (χ2v) is 7.18. The van der Waals surface area contributed by atoms with Gasteiger partial charge >= 0.3 is 11.8 Å². The minimum atomic E-state index is -0.915. The van der Waals surface area contributed by atoms with E-state index >= 15 is 0 Å². The highest BCUT2D eigenvalue weighted by atomic mass is 16.2. The number of nitrogen functional groups attached to an aromatic ring is 1. The number of rotatable bonds is 3. The zero-order valence-electron chi connectivity index (χ0n) is 16.2. The molecule has 3 N–H and O–H groups in total. The van der Waals surface area contributed by atoms with E-state index in [2.05, 4.69) is 17.4 Å². The summed E-state index contributed by atoms with van der Waals surface area (Å²) in [6, 6.07) is 12.1. The van der Waals surface area contributed by atoms with Gasteiger partial charge in [0.05, 0.1) is 11.7 Å². The quantitative estimate of drug-likeness (QED) is 0.633. The predicted molar refractivity (Wildman–Crippen MR) is 109 cm³/mol. The SMILES string of the molecule is CC(=O)N(C(=O)C(=O)NC(C)c1ccc2c(c1)CCCC2)c1ccc(N)cc1. The molecule has 3 amide bonds. The van der Waals surface area contributed by atoms with Crippen molar-refractivity contribution in [3.8, 4) is 0 Å². The van der Waals surface area contributed by atoms with Gasteiger partial charge in [0.15, 0.2) is 0 Å². The highest BCUT2D eigenvalue weighted by Gasteiger charge is 2.28. The number of amides is 3. The number of carbonyl (C=O) groups is 3. The summed E-state index contributed by atoms with van der Waals surface area (Å²) >= 11 is 0. The lowest BCUT2D eigenvalue weighted by Gasteiger charge is -2.22. The van der Waals surface area contributed by atoms with Crippen LogP contribution in [0.25, 0.3) is 0 Å². The Morgan fingerprint density at radius 2 is 1.64 bits per heavy atom. The van der Waals surface area contributed by atoms with E-state index in [-0.39, 0.29) is 6.04 Å². The van der Waals surface area contributed by atoms with Gasteiger partial charge in [-0.25, -0.2) is 4.90 Å². The zero-order chi connectivity index (χ0) is 20.3. The lowest BCUT2D eigenvalue weighted by Crippen LogP contribution is -2.46. The molecule has 6 heteroatoms. The summed E-state index contributed by atoms with van der Waals surface area (Å²) in [7, 11) is 0. The van der Waals surface area contributed by atoms with E-state index in [1.807, 2.05) is 13.0 Å². The molecule has 0 fully saturated rings. The number of hydrogen-bond acceptors (Lipinski definition) is 4. The molecule has 0 radical (unpaired) electrons. The van der Waals surface area contributed by atoms with Crippen LogP contribution in [0.15, 0.2) is 42.5 Å². The molecule has 6 nitrogen and oxygen atoms in total. The Labute approximate surface area is 164 Å². The third kappa shape index (κ3) is 4.22. The Balaban J connectivity index is 1.74. The first-order valence-electron chi connectivity index (χ1n) is 9.49. The third-order valence-electron chi connectivity index (χ3n) is 5.08. The van der Waals surface area contributed by atoms with Gasteiger partial charge in [-0.2, -0.15) is 0 Å². The van der Waals surface area contributed by atoms with Crippen molar-refractivity contribution in [1.82, 2.24) is 5.32 Å². The summed E-state index contributed by atoms with van der Waals surface area (Å²) in [4.78, 5) is 38.0. The van der Waals surface area contributed by atoms with Crippen LogP contribution < -0.4 is 16.0 Å². The Bertz CT molecular complexity index is 906. The maximum absolute atomic E-state index is 12.6. The summed E-state index contributed by atoms with van der Waals surface area (Å²) in [5.41, 5.74) is 10.1. The fourth-order valence-corrected chi connectivity index (χ4v) is 3.53. The van der Waals surface area contributed by atoms with Gasteiger partial charge in [-0.1, -0.05) is 18.2 Å². The number of hydrogen-bond donors (Lipinski definition) is 2. The summed E-state index contributed by atoms with van der Waals surface area (Å²) < 4.78 is 0. The molecule has 0 spiro atoms. The van der Waals surface area contributed by atoms with Crippen molar-refractivity contribution in [3.63, 3.8) is 0 Å². The van der Waals surface area contributed by atoms with Gasteiger partial charge in [0.1, 0.15) is 0 Å². The molecule has 1 unspecified atom stereocenters. The lowest BCUT2D eigenvalue weighted by molar-refractivity contribution is -0.139. The Hall–Kier alpha value is -3.15. The maximum Gasteiger partial charge on any atom is 0.323 e. The van der Waals surface area contributed by atoms with Crippen LogP contribution in [0, 0.1) is 0 Å². The van der Waals surface area contributed by atoms with Gasteiger partial charge in [0, 0.05) is 12.6 Å². The van der Waals surface area contributed by atoms with Gasteiger partial charge in [-0.15, -0.1) is 0 Å². The van der Waals surface area contributed by atoms with Gasteiger partial charge in [-0.3, -0.25) is 14.4 Å². The van der Waals surface area contributed by atoms with Gasteiger partial charge in [-0.05, 0) is 73.6 Å². The monoisotopic (exact) mass is 379 g/mol. The van der Waals surface area contributed by atoms with Crippen molar-refractivity contribution in [2.24, 2.45) is 0 Å². The molecule has 1 aliphatic rings. The first-order valence-corrected chi connectivity index (χ1v) is 9.49. The molecule has 3 rings (SSSR count). The number of fused-ring (bicyclic) bond motifs is 1. The molecule has 0 aromatic heterocycles. The van der Waals surface area contributed by atoms with E-state index < -0.39 is 17.7 Å². The van der Waals surface area contributed by atoms with E-state index in [9.17, 15) is 14.4 Å². The number of nitrogens with one attached hydrogen (secondary N) is 1. The summed E-state index contributed by atoms with van der Waals surface area (Å²) in [6.45, 7) is 3.07. The summed E-state index contributed by atoms with van der Waals surface area (Å²) in [5.74, 6) is -2.27. The number of imide groups is 1. The zero-order valence-corrected chi connectivity index (χ0v) is 16.2. The molecule has 28 heavy (non-hydrogen) atoms. The number of nitrogens with two attached hydrogens (primary N) is 1. The van der Waals surface area contributed by atoms with Crippen LogP contribution in [-0.4, -0.2) is 17.7 Å². The molecule has 2 aromatic carbocycles. The average Bonchev–Trinajstić information content (AvgIpc) is 2.68. The van der Waals surface area contributed by atoms with Gasteiger partial charge in [0.25, 0.3) is 0 Å². The molecule has 0 saturated carbocycles. The molecule has 2 aromatic rings. The minimum absolute atomic E-state index is 0.309. The van der Waals surface area contributed by atoms with E-state index in [0.717, 1.165) is 23.3 Å². The second kappa shape index (κ2) is 8.25. The largest absolute Gasteiger partial charge is 0.399 e. The lowest BCUT2D eigenvalue weighted by atomic mass is 9.89. The van der Waals surface area contributed by atoms with Crippen LogP contribution >= 0.6 is 0 Å². The average molecular weight is 379 g/mol. The third-order valence-corrected chi connectivity index (χ3v) is 5.08. The number of nitrogens with zero attached hydrogens (tertiary/aromatic N) is 1. The van der Waals surface area contributed by atoms with Gasteiger partial charge < -0.3 is 11.1 Å². The highest BCUT2D eigenvalue weighted by molar-refractivity contribution is 6.45. The Kier molecular flexibility index (Phi) is 5.78. The van der Waals surface area contributed by atoms with E-state index in [1.54, 1.807) is 12.1 Å². The normalized spacial score (nSPS) is 13.9. The van der Waals surface area contributed by atoms with Crippen molar-refractivity contribution >= 4 is 29.1 Å². The molecule has 0 aliphatic heterocycles. The smallest absolute Gasteiger partial charge is 0.323 e. The number of benzene rings is 2. The predicted octanol–water partition coefficient (Wildman–Crippen LogP) is 2.90. The van der Waals surface area contributed by atoms with E-state index in [0.29, 0.717) is 11.4 Å². The minimum Gasteiger partial charge on any atom is -0.399 e. The molecule has 0 bridgehead atoms. The van der Waals surface area contributed by atoms with Crippen LogP contribution in [0.5, 0.6) is 0 Å². The van der Waals surface area contributed by atoms with Crippen molar-refractivity contribution in [3.05, 3.63) is 59.2 Å². The number of anilines is 2. The van der Waals surface area contributed by atoms with Crippen molar-refractivity contribution in [1.29, 1.82) is 0 Å². The van der Waals surface area contributed by atoms with Crippen molar-refractivity contribution < 1.29 is 14.4 Å². The maximum atomic E-state index is 12.6. The van der Waals surface area contributed by atoms with E-state index in [4.69, 9.17) is 5.73 Å².